The van der Waals surface area contributed by atoms with Crippen LogP contribution in [0.4, 0.5) is 4.79 Å². The molecule has 3 aliphatic rings. The van der Waals surface area contributed by atoms with Crippen molar-refractivity contribution < 1.29 is 28.9 Å². The molecule has 3 heterocycles. The van der Waals surface area contributed by atoms with Gasteiger partial charge in [-0.2, -0.15) is 0 Å². The first-order chi connectivity index (χ1) is 14.1. The van der Waals surface area contributed by atoms with Crippen molar-refractivity contribution in [2.75, 3.05) is 6.54 Å². The third-order valence-corrected chi connectivity index (χ3v) is 5.74. The van der Waals surface area contributed by atoms with Gasteiger partial charge < -0.3 is 19.3 Å². The number of unbranched alkanes of at least 4 members (excludes halogenated alkanes) is 1. The number of carbonyl (C=O) groups excluding carboxylic acids is 1. The normalized spacial score (nSPS) is 31.6. The number of allylic oxidation sites excluding steroid dienone is 2. The number of fused-ring (bicyclic) bond motifs is 5. The summed E-state index contributed by atoms with van der Waals surface area (Å²) >= 11 is 0. The molecule has 0 unspecified atom stereocenters. The molecule has 3 N–H and O–H groups in total. The van der Waals surface area contributed by atoms with Crippen molar-refractivity contribution in [3.05, 3.63) is 42.5 Å². The van der Waals surface area contributed by atoms with Crippen LogP contribution in [0.2, 0.25) is 0 Å². The average molecular weight is 402 g/mol. The Morgan fingerprint density at radius 2 is 1.76 bits per heavy atom. The van der Waals surface area contributed by atoms with Crippen LogP contribution in [-0.4, -0.2) is 48.1 Å². The van der Waals surface area contributed by atoms with Crippen molar-refractivity contribution in [1.29, 1.82) is 0 Å². The largest absolute Gasteiger partial charge is 0.481 e. The number of carbonyl (C=O) groups is 2. The SMILES string of the molecule is O=C(O)CCC/C=C\C[C@H]1[C@@H](CNNC(=O)Oc2ccccc2)[C@@H]2O[C@H]1[C@@H]1O[C@@H]12. The van der Waals surface area contributed by atoms with Gasteiger partial charge >= 0.3 is 12.1 Å². The number of carboxylic acids is 1. The molecule has 8 heteroatoms. The fourth-order valence-electron chi connectivity index (χ4n) is 4.36. The molecular weight excluding hydrogens is 376 g/mol. The summed E-state index contributed by atoms with van der Waals surface area (Å²) < 4.78 is 17.0. The van der Waals surface area contributed by atoms with E-state index in [9.17, 15) is 9.59 Å². The van der Waals surface area contributed by atoms with Crippen LogP contribution in [-0.2, 0) is 14.3 Å². The van der Waals surface area contributed by atoms with Gasteiger partial charge in [-0.25, -0.2) is 10.2 Å². The minimum absolute atomic E-state index is 0.0508. The lowest BCUT2D eigenvalue weighted by Crippen LogP contribution is -2.46. The van der Waals surface area contributed by atoms with Gasteiger partial charge in [0, 0.05) is 18.9 Å². The van der Waals surface area contributed by atoms with Crippen LogP contribution in [0, 0.1) is 11.8 Å². The quantitative estimate of drug-likeness (QED) is 0.238. The first kappa shape index (κ1) is 19.9. The predicted octanol–water partition coefficient (Wildman–Crippen LogP) is 2.26. The maximum absolute atomic E-state index is 11.9. The molecule has 3 saturated heterocycles. The van der Waals surface area contributed by atoms with E-state index in [1.54, 1.807) is 24.3 Å². The zero-order valence-corrected chi connectivity index (χ0v) is 16.0. The number of rotatable bonds is 10. The molecule has 3 fully saturated rings. The van der Waals surface area contributed by atoms with E-state index in [4.69, 9.17) is 19.3 Å². The first-order valence-corrected chi connectivity index (χ1v) is 10.1. The van der Waals surface area contributed by atoms with Crippen LogP contribution in [0.1, 0.15) is 25.7 Å². The van der Waals surface area contributed by atoms with E-state index < -0.39 is 12.1 Å². The van der Waals surface area contributed by atoms with Crippen LogP contribution < -0.4 is 15.6 Å². The molecule has 8 nitrogen and oxygen atoms in total. The zero-order valence-electron chi connectivity index (χ0n) is 16.0. The van der Waals surface area contributed by atoms with E-state index in [2.05, 4.69) is 16.9 Å². The van der Waals surface area contributed by atoms with Gasteiger partial charge in [0.1, 0.15) is 18.0 Å². The van der Waals surface area contributed by atoms with Gasteiger partial charge in [-0.05, 0) is 37.3 Å². The summed E-state index contributed by atoms with van der Waals surface area (Å²) in [6.45, 7) is 0.565. The number of epoxide rings is 1. The first-order valence-electron chi connectivity index (χ1n) is 10.1. The fraction of sp³-hybridized carbons (Fsp3) is 0.524. The highest BCUT2D eigenvalue weighted by Gasteiger charge is 2.68. The Balaban J connectivity index is 1.23. The second-order valence-corrected chi connectivity index (χ2v) is 7.66. The summed E-state index contributed by atoms with van der Waals surface area (Å²) in [6.07, 6.45) is 6.56. The molecule has 0 aliphatic carbocycles. The smallest absolute Gasteiger partial charge is 0.427 e. The number of amides is 1. The van der Waals surface area contributed by atoms with E-state index >= 15 is 0 Å². The second-order valence-electron chi connectivity index (χ2n) is 7.66. The Bertz CT molecular complexity index is 755. The average Bonchev–Trinajstić information content (AvgIpc) is 3.33. The predicted molar refractivity (Wildman–Crippen MR) is 103 cm³/mol. The summed E-state index contributed by atoms with van der Waals surface area (Å²) in [5, 5.41) is 8.69. The van der Waals surface area contributed by atoms with Crippen molar-refractivity contribution in [3.8, 4) is 5.75 Å². The zero-order chi connectivity index (χ0) is 20.2. The minimum Gasteiger partial charge on any atom is -0.481 e. The molecule has 156 valence electrons. The number of hydrogen-bond acceptors (Lipinski definition) is 6. The van der Waals surface area contributed by atoms with Crippen molar-refractivity contribution in [2.45, 2.75) is 50.1 Å². The highest BCUT2D eigenvalue weighted by Crippen LogP contribution is 2.54. The molecule has 3 aliphatic heterocycles. The van der Waals surface area contributed by atoms with E-state index in [0.29, 0.717) is 24.6 Å². The van der Waals surface area contributed by atoms with Crippen LogP contribution in [0.15, 0.2) is 42.5 Å². The summed E-state index contributed by atoms with van der Waals surface area (Å²) in [7, 11) is 0. The summed E-state index contributed by atoms with van der Waals surface area (Å²) in [5.41, 5.74) is 5.55. The van der Waals surface area contributed by atoms with E-state index in [-0.39, 0.29) is 36.8 Å². The van der Waals surface area contributed by atoms with Crippen molar-refractivity contribution in [1.82, 2.24) is 10.9 Å². The van der Waals surface area contributed by atoms with Crippen molar-refractivity contribution >= 4 is 12.1 Å². The van der Waals surface area contributed by atoms with Crippen LogP contribution >= 0.6 is 0 Å². The standard InChI is InChI=1S/C21H26N2O6/c24-16(25)11-7-2-1-6-10-14-15(18-20-19(29-20)17(14)28-18)12-22-23-21(26)27-13-8-4-3-5-9-13/h1,3-6,8-9,14-15,17-20,22H,2,7,10-12H2,(H,23,26)(H,24,25)/b6-1-/t14-,15+,17+,18-,19-,20+/m0/s1. The summed E-state index contributed by atoms with van der Waals surface area (Å²) in [6, 6.07) is 8.88. The third-order valence-electron chi connectivity index (χ3n) is 5.74. The Kier molecular flexibility index (Phi) is 6.13. The maximum atomic E-state index is 11.9. The Hall–Kier alpha value is -2.42. The van der Waals surface area contributed by atoms with Crippen molar-refractivity contribution in [3.63, 3.8) is 0 Å². The lowest BCUT2D eigenvalue weighted by atomic mass is 9.77. The van der Waals surface area contributed by atoms with Gasteiger partial charge in [-0.3, -0.25) is 10.2 Å². The van der Waals surface area contributed by atoms with E-state index in [1.165, 1.54) is 0 Å². The summed E-state index contributed by atoms with van der Waals surface area (Å²) in [5.74, 6) is 0.250. The Labute approximate surface area is 169 Å². The lowest BCUT2D eigenvalue weighted by Gasteiger charge is -2.25. The van der Waals surface area contributed by atoms with Gasteiger partial charge in [0.15, 0.2) is 0 Å². The molecule has 0 spiro atoms. The number of para-hydroxylation sites is 1. The molecular formula is C21H26N2O6. The molecule has 2 bridgehead atoms. The number of hydrogen-bond donors (Lipinski definition) is 3. The number of hydrazine groups is 1. The van der Waals surface area contributed by atoms with Gasteiger partial charge in [0.05, 0.1) is 12.2 Å². The molecule has 0 saturated carbocycles. The van der Waals surface area contributed by atoms with Gasteiger partial charge in [-0.1, -0.05) is 30.4 Å². The maximum Gasteiger partial charge on any atom is 0.427 e. The van der Waals surface area contributed by atoms with Crippen LogP contribution in [0.25, 0.3) is 0 Å². The molecule has 1 aromatic rings. The number of carboxylic acid groups (broad SMARTS) is 1. The highest BCUT2D eigenvalue weighted by molar-refractivity contribution is 5.69. The van der Waals surface area contributed by atoms with E-state index in [1.807, 2.05) is 12.1 Å². The fourth-order valence-corrected chi connectivity index (χ4v) is 4.36. The van der Waals surface area contributed by atoms with E-state index in [0.717, 1.165) is 12.8 Å². The Morgan fingerprint density at radius 1 is 1.03 bits per heavy atom. The third kappa shape index (κ3) is 4.77. The van der Waals surface area contributed by atoms with Crippen molar-refractivity contribution in [2.24, 2.45) is 11.8 Å². The molecule has 0 aromatic heterocycles. The molecule has 1 aromatic carbocycles. The molecule has 1 amide bonds. The van der Waals surface area contributed by atoms with Crippen LogP contribution in [0.3, 0.4) is 0 Å². The monoisotopic (exact) mass is 402 g/mol. The molecule has 4 rings (SSSR count). The number of nitrogens with one attached hydrogen (secondary N) is 2. The molecule has 6 atom stereocenters. The summed E-state index contributed by atoms with van der Waals surface area (Å²) in [4.78, 5) is 22.5. The number of aliphatic carboxylic acids is 1. The molecule has 0 radical (unpaired) electrons. The lowest BCUT2D eigenvalue weighted by molar-refractivity contribution is -0.137. The number of ether oxygens (including phenoxy) is 3. The second kappa shape index (κ2) is 8.94. The number of benzene rings is 1. The van der Waals surface area contributed by atoms with Crippen LogP contribution in [0.5, 0.6) is 5.75 Å². The van der Waals surface area contributed by atoms with Gasteiger partial charge in [-0.15, -0.1) is 0 Å². The minimum atomic E-state index is -0.763. The van der Waals surface area contributed by atoms with Gasteiger partial charge in [0.2, 0.25) is 0 Å². The highest BCUT2D eigenvalue weighted by atomic mass is 16.7. The molecule has 29 heavy (non-hydrogen) atoms. The topological polar surface area (TPSA) is 109 Å². The Morgan fingerprint density at radius 3 is 2.52 bits per heavy atom. The van der Waals surface area contributed by atoms with Gasteiger partial charge in [0.25, 0.3) is 0 Å².